The summed E-state index contributed by atoms with van der Waals surface area (Å²) in [7, 11) is 0. The van der Waals surface area contributed by atoms with Crippen molar-refractivity contribution in [2.24, 2.45) is 0 Å². The molecule has 0 saturated heterocycles. The molecule has 1 aliphatic carbocycles. The number of aromatic nitrogens is 1. The molecule has 0 spiro atoms. The number of benzene rings is 2. The van der Waals surface area contributed by atoms with Gasteiger partial charge in [-0.05, 0) is 49.2 Å². The first-order valence-electron chi connectivity index (χ1n) is 10.1. The Morgan fingerprint density at radius 2 is 1.70 bits per heavy atom. The number of rotatable bonds is 3. The summed E-state index contributed by atoms with van der Waals surface area (Å²) in [5.41, 5.74) is 3.59. The molecule has 1 saturated carbocycles. The predicted molar refractivity (Wildman–Crippen MR) is 114 cm³/mol. The van der Waals surface area contributed by atoms with Crippen molar-refractivity contribution in [1.29, 1.82) is 0 Å². The van der Waals surface area contributed by atoms with Crippen LogP contribution in [-0.4, -0.2) is 27.5 Å². The number of H-pyrrole nitrogens is 1. The van der Waals surface area contributed by atoms with Crippen molar-refractivity contribution in [3.63, 3.8) is 0 Å². The third kappa shape index (κ3) is 4.22. The van der Waals surface area contributed by atoms with E-state index in [2.05, 4.69) is 22.1 Å². The topological polar surface area (TPSA) is 94.2 Å². The van der Waals surface area contributed by atoms with Crippen LogP contribution in [0.4, 0.5) is 0 Å². The van der Waals surface area contributed by atoms with Gasteiger partial charge in [0.05, 0.1) is 0 Å². The van der Waals surface area contributed by atoms with Gasteiger partial charge in [-0.3, -0.25) is 14.8 Å². The van der Waals surface area contributed by atoms with Crippen LogP contribution in [-0.2, 0) is 0 Å². The van der Waals surface area contributed by atoms with E-state index in [4.69, 9.17) is 5.21 Å². The second kappa shape index (κ2) is 8.44. The molecule has 1 aliphatic rings. The highest BCUT2D eigenvalue weighted by Crippen LogP contribution is 2.28. The molecule has 2 amide bonds. The van der Waals surface area contributed by atoms with Crippen LogP contribution < -0.4 is 10.8 Å². The number of hydroxylamine groups is 1. The molecule has 0 atom stereocenters. The Balaban J connectivity index is 1.56. The molecular weight excluding hydrogens is 378 g/mol. The lowest BCUT2D eigenvalue weighted by atomic mass is 9.81. The molecule has 0 unspecified atom stereocenters. The number of amides is 2. The van der Waals surface area contributed by atoms with Gasteiger partial charge in [-0.1, -0.05) is 49.3 Å². The van der Waals surface area contributed by atoms with Gasteiger partial charge in [-0.15, -0.1) is 0 Å². The van der Waals surface area contributed by atoms with E-state index in [1.807, 2.05) is 30.3 Å². The van der Waals surface area contributed by atoms with Crippen molar-refractivity contribution >= 4 is 22.7 Å². The molecule has 30 heavy (non-hydrogen) atoms. The number of fused-ring (bicyclic) bond motifs is 1. The van der Waals surface area contributed by atoms with E-state index in [1.54, 1.807) is 29.7 Å². The van der Waals surface area contributed by atoms with Crippen LogP contribution in [0, 0.1) is 11.8 Å². The lowest BCUT2D eigenvalue weighted by Gasteiger charge is -2.33. The van der Waals surface area contributed by atoms with Gasteiger partial charge in [-0.25, -0.2) is 5.48 Å². The molecule has 1 heterocycles. The second-order valence-electron chi connectivity index (χ2n) is 7.64. The first-order chi connectivity index (χ1) is 14.6. The highest BCUT2D eigenvalue weighted by Gasteiger charge is 2.32. The van der Waals surface area contributed by atoms with E-state index in [0.717, 1.165) is 48.6 Å². The van der Waals surface area contributed by atoms with Crippen molar-refractivity contribution in [1.82, 2.24) is 15.8 Å². The minimum absolute atomic E-state index is 0.155. The molecule has 4 rings (SSSR count). The molecule has 3 aromatic rings. The van der Waals surface area contributed by atoms with Crippen LogP contribution in [0.25, 0.3) is 10.9 Å². The van der Waals surface area contributed by atoms with E-state index in [9.17, 15) is 9.59 Å². The number of carbonyl (C=O) groups excluding carboxylic acids is 2. The zero-order chi connectivity index (χ0) is 21.0. The molecule has 4 N–H and O–H groups in total. The van der Waals surface area contributed by atoms with Crippen molar-refractivity contribution in [3.8, 4) is 11.8 Å². The van der Waals surface area contributed by atoms with Crippen LogP contribution in [0.15, 0.2) is 54.6 Å². The molecule has 6 heteroatoms. The number of hydrogen-bond donors (Lipinski definition) is 4. The first-order valence-corrected chi connectivity index (χ1v) is 10.1. The second-order valence-corrected chi connectivity index (χ2v) is 7.64. The minimum Gasteiger partial charge on any atom is -0.351 e. The van der Waals surface area contributed by atoms with Crippen molar-refractivity contribution in [2.75, 3.05) is 0 Å². The average Bonchev–Trinajstić information content (AvgIpc) is 3.23. The van der Waals surface area contributed by atoms with E-state index in [1.165, 1.54) is 0 Å². The number of nitrogens with one attached hydrogen (secondary N) is 3. The highest BCUT2D eigenvalue weighted by molar-refractivity contribution is 5.98. The van der Waals surface area contributed by atoms with Crippen molar-refractivity contribution in [3.05, 3.63) is 71.4 Å². The zero-order valence-corrected chi connectivity index (χ0v) is 16.5. The summed E-state index contributed by atoms with van der Waals surface area (Å²) in [6, 6.07) is 16.3. The number of hydrogen-bond acceptors (Lipinski definition) is 3. The fourth-order valence-electron chi connectivity index (χ4n) is 3.88. The fourth-order valence-corrected chi connectivity index (χ4v) is 3.88. The standard InChI is InChI=1S/C24H23N3O3/c28-22(27-30)18-10-8-17(9-11-18)12-15-24(13-4-1-5-14-24)26-23(29)21-16-19-6-2-3-7-20(19)25-21/h2-3,6-11,16,25,30H,1,4-5,13-14H2,(H,26,29)(H,27,28). The molecule has 0 bridgehead atoms. The summed E-state index contributed by atoms with van der Waals surface area (Å²) in [5, 5.41) is 12.9. The molecule has 0 aliphatic heterocycles. The van der Waals surface area contributed by atoms with Gasteiger partial charge in [0.1, 0.15) is 11.2 Å². The summed E-state index contributed by atoms with van der Waals surface area (Å²) < 4.78 is 0. The van der Waals surface area contributed by atoms with Gasteiger partial charge in [0, 0.05) is 22.0 Å². The summed E-state index contributed by atoms with van der Waals surface area (Å²) >= 11 is 0. The monoisotopic (exact) mass is 401 g/mol. The van der Waals surface area contributed by atoms with Gasteiger partial charge in [0.15, 0.2) is 0 Å². The Labute approximate surface area is 174 Å². The smallest absolute Gasteiger partial charge is 0.274 e. The first kappa shape index (κ1) is 19.7. The van der Waals surface area contributed by atoms with Crippen LogP contribution in [0.5, 0.6) is 0 Å². The van der Waals surface area contributed by atoms with Crippen molar-refractivity contribution in [2.45, 2.75) is 37.6 Å². The minimum atomic E-state index is -0.576. The Morgan fingerprint density at radius 3 is 2.40 bits per heavy atom. The van der Waals surface area contributed by atoms with Crippen LogP contribution >= 0.6 is 0 Å². The molecule has 2 aromatic carbocycles. The van der Waals surface area contributed by atoms with Crippen molar-refractivity contribution < 1.29 is 14.8 Å². The molecule has 1 aromatic heterocycles. The van der Waals surface area contributed by atoms with Gasteiger partial charge >= 0.3 is 0 Å². The lowest BCUT2D eigenvalue weighted by molar-refractivity contribution is 0.0706. The Bertz CT molecular complexity index is 1100. The van der Waals surface area contributed by atoms with Crippen LogP contribution in [0.1, 0.15) is 58.5 Å². The third-order valence-electron chi connectivity index (χ3n) is 5.53. The fraction of sp³-hybridized carbons (Fsp3) is 0.250. The number of para-hydroxylation sites is 1. The lowest BCUT2D eigenvalue weighted by Crippen LogP contribution is -2.48. The summed E-state index contributed by atoms with van der Waals surface area (Å²) in [5.74, 6) is 5.74. The quantitative estimate of drug-likeness (QED) is 0.306. The van der Waals surface area contributed by atoms with E-state index in [-0.39, 0.29) is 5.91 Å². The largest absolute Gasteiger partial charge is 0.351 e. The molecular formula is C24H23N3O3. The Kier molecular flexibility index (Phi) is 5.55. The summed E-state index contributed by atoms with van der Waals surface area (Å²) in [6.07, 6.45) is 4.76. The summed E-state index contributed by atoms with van der Waals surface area (Å²) in [4.78, 5) is 27.6. The SMILES string of the molecule is O=C(NO)c1ccc(C#CC2(NC(=O)c3cc4ccccc4[nH]3)CCCCC2)cc1. The van der Waals surface area contributed by atoms with Gasteiger partial charge in [0.2, 0.25) is 0 Å². The van der Waals surface area contributed by atoms with Crippen LogP contribution in [0.2, 0.25) is 0 Å². The van der Waals surface area contributed by atoms with Crippen LogP contribution in [0.3, 0.4) is 0 Å². The van der Waals surface area contributed by atoms with Gasteiger partial charge < -0.3 is 10.3 Å². The van der Waals surface area contributed by atoms with E-state index in [0.29, 0.717) is 11.3 Å². The maximum absolute atomic E-state index is 13.0. The Hall–Kier alpha value is -3.56. The molecule has 0 radical (unpaired) electrons. The zero-order valence-electron chi connectivity index (χ0n) is 16.5. The molecule has 6 nitrogen and oxygen atoms in total. The normalized spacial score (nSPS) is 15.1. The Morgan fingerprint density at radius 1 is 0.967 bits per heavy atom. The maximum atomic E-state index is 13.0. The number of carbonyl (C=O) groups is 2. The molecule has 1 fully saturated rings. The highest BCUT2D eigenvalue weighted by atomic mass is 16.5. The maximum Gasteiger partial charge on any atom is 0.274 e. The number of aromatic amines is 1. The average molecular weight is 401 g/mol. The van der Waals surface area contributed by atoms with E-state index >= 15 is 0 Å². The predicted octanol–water partition coefficient (Wildman–Crippen LogP) is 3.77. The molecule has 152 valence electrons. The van der Waals surface area contributed by atoms with E-state index < -0.39 is 11.4 Å². The third-order valence-corrected chi connectivity index (χ3v) is 5.53. The summed E-state index contributed by atoms with van der Waals surface area (Å²) in [6.45, 7) is 0. The van der Waals surface area contributed by atoms with Gasteiger partial charge in [0.25, 0.3) is 11.8 Å². The van der Waals surface area contributed by atoms with Gasteiger partial charge in [-0.2, -0.15) is 0 Å².